The first-order valence-electron chi connectivity index (χ1n) is 6.90. The van der Waals surface area contributed by atoms with Gasteiger partial charge in [-0.25, -0.2) is 4.98 Å². The average Bonchev–Trinajstić information content (AvgIpc) is 2.60. The van der Waals surface area contributed by atoms with Crippen molar-refractivity contribution < 1.29 is 0 Å². The van der Waals surface area contributed by atoms with Crippen LogP contribution < -0.4 is 5.32 Å². The molecule has 2 saturated carbocycles. The number of nitrogens with one attached hydrogen (secondary N) is 1. The quantitative estimate of drug-likeness (QED) is 0.867. The molecular weight excluding hydrogens is 228 g/mol. The fourth-order valence-corrected chi connectivity index (χ4v) is 4.14. The Morgan fingerprint density at radius 1 is 1.41 bits per heavy atom. The zero-order valence-corrected chi connectivity index (χ0v) is 11.5. The van der Waals surface area contributed by atoms with Gasteiger partial charge in [0.05, 0.1) is 10.7 Å². The summed E-state index contributed by atoms with van der Waals surface area (Å²) in [4.78, 5) is 4.87. The molecule has 0 aliphatic heterocycles. The predicted octanol–water partition coefficient (Wildman–Crippen LogP) is 3.34. The lowest BCUT2D eigenvalue weighted by molar-refractivity contribution is 0.133. The molecule has 3 rings (SSSR count). The summed E-state index contributed by atoms with van der Waals surface area (Å²) >= 11 is 1.89. The second-order valence-electron chi connectivity index (χ2n) is 5.85. The molecule has 0 spiro atoms. The van der Waals surface area contributed by atoms with Crippen molar-refractivity contribution in [3.05, 3.63) is 16.1 Å². The highest BCUT2D eigenvalue weighted by molar-refractivity contribution is 7.09. The second kappa shape index (κ2) is 4.69. The van der Waals surface area contributed by atoms with Crippen LogP contribution in [0.15, 0.2) is 5.38 Å². The molecule has 1 heterocycles. The number of hydrogen-bond donors (Lipinski definition) is 1. The van der Waals surface area contributed by atoms with Gasteiger partial charge in [-0.2, -0.15) is 0 Å². The van der Waals surface area contributed by atoms with Crippen LogP contribution in [-0.2, 0) is 6.42 Å². The van der Waals surface area contributed by atoms with Gasteiger partial charge in [-0.1, -0.05) is 12.8 Å². The Balaban J connectivity index is 1.65. The van der Waals surface area contributed by atoms with Crippen molar-refractivity contribution in [3.8, 4) is 0 Å². The molecule has 0 saturated heterocycles. The molecule has 2 fully saturated rings. The third-order valence-electron chi connectivity index (χ3n) is 4.59. The van der Waals surface area contributed by atoms with Gasteiger partial charge in [-0.15, -0.1) is 11.3 Å². The van der Waals surface area contributed by atoms with Gasteiger partial charge in [0.25, 0.3) is 0 Å². The Kier molecular flexibility index (Phi) is 3.22. The van der Waals surface area contributed by atoms with E-state index in [4.69, 9.17) is 4.98 Å². The maximum atomic E-state index is 4.87. The fourth-order valence-electron chi connectivity index (χ4n) is 3.09. The highest BCUT2D eigenvalue weighted by Crippen LogP contribution is 2.44. The molecule has 0 unspecified atom stereocenters. The lowest BCUT2D eigenvalue weighted by Gasteiger charge is -2.41. The lowest BCUT2D eigenvalue weighted by Crippen LogP contribution is -2.40. The van der Waals surface area contributed by atoms with Gasteiger partial charge in [0.15, 0.2) is 0 Å². The third-order valence-corrected chi connectivity index (χ3v) is 5.45. The molecule has 0 aromatic carbocycles. The smallest absolute Gasteiger partial charge is 0.0934 e. The van der Waals surface area contributed by atoms with Crippen molar-refractivity contribution in [3.63, 3.8) is 0 Å². The molecule has 2 aliphatic carbocycles. The zero-order chi connectivity index (χ0) is 11.7. The Hall–Kier alpha value is -0.410. The zero-order valence-electron chi connectivity index (χ0n) is 10.7. The number of thiazole rings is 1. The van der Waals surface area contributed by atoms with Gasteiger partial charge in [0.2, 0.25) is 0 Å². The Morgan fingerprint density at radius 3 is 2.76 bits per heavy atom. The molecule has 0 amide bonds. The van der Waals surface area contributed by atoms with E-state index in [1.807, 2.05) is 11.3 Å². The van der Waals surface area contributed by atoms with E-state index in [1.54, 1.807) is 0 Å². The summed E-state index contributed by atoms with van der Waals surface area (Å²) in [6.07, 6.45) is 9.50. The van der Waals surface area contributed by atoms with E-state index < -0.39 is 0 Å². The van der Waals surface area contributed by atoms with E-state index in [-0.39, 0.29) is 0 Å². The minimum Gasteiger partial charge on any atom is -0.319 e. The predicted molar refractivity (Wildman–Crippen MR) is 72.6 cm³/mol. The van der Waals surface area contributed by atoms with Gasteiger partial charge in [0, 0.05) is 24.3 Å². The number of rotatable bonds is 5. The van der Waals surface area contributed by atoms with Crippen molar-refractivity contribution >= 4 is 11.3 Å². The van der Waals surface area contributed by atoms with Crippen LogP contribution in [0.4, 0.5) is 0 Å². The summed E-state index contributed by atoms with van der Waals surface area (Å²) in [5, 5.41) is 7.05. The summed E-state index contributed by atoms with van der Waals surface area (Å²) in [6, 6.07) is 0. The van der Waals surface area contributed by atoms with E-state index in [2.05, 4.69) is 17.7 Å². The Bertz CT molecular complexity index is 377. The molecule has 2 nitrogen and oxygen atoms in total. The van der Waals surface area contributed by atoms with E-state index in [1.165, 1.54) is 55.6 Å². The van der Waals surface area contributed by atoms with Gasteiger partial charge < -0.3 is 5.32 Å². The third kappa shape index (κ3) is 2.27. The van der Waals surface area contributed by atoms with Crippen LogP contribution in [0.1, 0.15) is 55.1 Å². The van der Waals surface area contributed by atoms with E-state index in [0.29, 0.717) is 5.41 Å². The molecule has 0 bridgehead atoms. The molecule has 2 aliphatic rings. The summed E-state index contributed by atoms with van der Waals surface area (Å²) in [5.41, 5.74) is 1.92. The first-order valence-corrected chi connectivity index (χ1v) is 7.78. The summed E-state index contributed by atoms with van der Waals surface area (Å²) in [5.74, 6) is 0.793. The van der Waals surface area contributed by atoms with Crippen LogP contribution in [0.5, 0.6) is 0 Å². The lowest BCUT2D eigenvalue weighted by atomic mass is 9.67. The molecule has 94 valence electrons. The van der Waals surface area contributed by atoms with Gasteiger partial charge in [-0.05, 0) is 38.1 Å². The maximum absolute atomic E-state index is 4.87. The van der Waals surface area contributed by atoms with Gasteiger partial charge >= 0.3 is 0 Å². The fraction of sp³-hybridized carbons (Fsp3) is 0.786. The standard InChI is InChI=1S/C14H22N2S/c1-15-10-14(6-3-7-14)8-13-16-12(9-17-13)11-4-2-5-11/h9,11,15H,2-8,10H2,1H3. The van der Waals surface area contributed by atoms with Gasteiger partial charge in [0.1, 0.15) is 0 Å². The number of nitrogens with zero attached hydrogens (tertiary/aromatic N) is 1. The second-order valence-corrected chi connectivity index (χ2v) is 6.80. The van der Waals surface area contributed by atoms with E-state index >= 15 is 0 Å². The van der Waals surface area contributed by atoms with Crippen molar-refractivity contribution in [1.82, 2.24) is 10.3 Å². The molecule has 0 radical (unpaired) electrons. The van der Waals surface area contributed by atoms with Crippen molar-refractivity contribution in [2.75, 3.05) is 13.6 Å². The molecule has 3 heteroatoms. The monoisotopic (exact) mass is 250 g/mol. The maximum Gasteiger partial charge on any atom is 0.0934 e. The Morgan fingerprint density at radius 2 is 2.24 bits per heavy atom. The molecule has 17 heavy (non-hydrogen) atoms. The first-order chi connectivity index (χ1) is 8.31. The van der Waals surface area contributed by atoms with Crippen molar-refractivity contribution in [2.24, 2.45) is 5.41 Å². The highest BCUT2D eigenvalue weighted by Gasteiger charge is 2.37. The molecular formula is C14H22N2S. The van der Waals surface area contributed by atoms with Gasteiger partial charge in [-0.3, -0.25) is 0 Å². The van der Waals surface area contributed by atoms with E-state index in [9.17, 15) is 0 Å². The highest BCUT2D eigenvalue weighted by atomic mass is 32.1. The average molecular weight is 250 g/mol. The molecule has 1 aromatic heterocycles. The topological polar surface area (TPSA) is 24.9 Å². The first kappa shape index (κ1) is 11.7. The number of hydrogen-bond acceptors (Lipinski definition) is 3. The molecule has 0 atom stereocenters. The molecule has 1 N–H and O–H groups in total. The summed E-state index contributed by atoms with van der Waals surface area (Å²) in [7, 11) is 2.07. The van der Waals surface area contributed by atoms with Crippen molar-refractivity contribution in [2.45, 2.75) is 50.9 Å². The minimum absolute atomic E-state index is 0.531. The SMILES string of the molecule is CNCC1(Cc2nc(C3CCC3)cs2)CCC1. The molecule has 1 aromatic rings. The van der Waals surface area contributed by atoms with Crippen molar-refractivity contribution in [1.29, 1.82) is 0 Å². The number of aromatic nitrogens is 1. The summed E-state index contributed by atoms with van der Waals surface area (Å²) in [6.45, 7) is 1.16. The van der Waals surface area contributed by atoms with Crippen LogP contribution in [0.3, 0.4) is 0 Å². The van der Waals surface area contributed by atoms with Crippen LogP contribution in [-0.4, -0.2) is 18.6 Å². The van der Waals surface area contributed by atoms with E-state index in [0.717, 1.165) is 12.5 Å². The normalized spacial score (nSPS) is 23.1. The van der Waals surface area contributed by atoms with Crippen LogP contribution in [0.2, 0.25) is 0 Å². The Labute approximate surface area is 108 Å². The summed E-state index contributed by atoms with van der Waals surface area (Å²) < 4.78 is 0. The van der Waals surface area contributed by atoms with Crippen LogP contribution in [0, 0.1) is 5.41 Å². The minimum atomic E-state index is 0.531. The van der Waals surface area contributed by atoms with Crippen LogP contribution >= 0.6 is 11.3 Å². The largest absolute Gasteiger partial charge is 0.319 e. The van der Waals surface area contributed by atoms with Crippen LogP contribution in [0.25, 0.3) is 0 Å².